The quantitative estimate of drug-likeness (QED) is 0.726. The van der Waals surface area contributed by atoms with Crippen LogP contribution < -0.4 is 0 Å². The van der Waals surface area contributed by atoms with Gasteiger partial charge in [-0.1, -0.05) is 13.3 Å². The summed E-state index contributed by atoms with van der Waals surface area (Å²) in [6.07, 6.45) is 9.93. The van der Waals surface area contributed by atoms with Crippen LogP contribution in [0.15, 0.2) is 0 Å². The van der Waals surface area contributed by atoms with Crippen molar-refractivity contribution in [3.63, 3.8) is 0 Å². The second-order valence-electron chi connectivity index (χ2n) is 5.49. The Balaban J connectivity index is 1.64. The summed E-state index contributed by atoms with van der Waals surface area (Å²) in [6.45, 7) is 3.15. The molecule has 1 N–H and O–H groups in total. The molecular weight excluding hydrogens is 188 g/mol. The molecule has 0 atom stereocenters. The number of aliphatic hydroxyl groups excluding tert-OH is 1. The Labute approximate surface area is 93.0 Å². The average Bonchev–Trinajstić information content (AvgIpc) is 2.19. The highest BCUT2D eigenvalue weighted by atomic mass is 16.5. The second-order valence-corrected chi connectivity index (χ2v) is 5.49. The molecule has 0 aromatic rings. The Morgan fingerprint density at radius 1 is 1.27 bits per heavy atom. The monoisotopic (exact) mass is 212 g/mol. The first-order valence-corrected chi connectivity index (χ1v) is 6.54. The van der Waals surface area contributed by atoms with Crippen LogP contribution >= 0.6 is 0 Å². The molecule has 88 valence electrons. The van der Waals surface area contributed by atoms with Gasteiger partial charge in [0.1, 0.15) is 0 Å². The summed E-state index contributed by atoms with van der Waals surface area (Å²) >= 11 is 0. The molecule has 2 rings (SSSR count). The van der Waals surface area contributed by atoms with Crippen molar-refractivity contribution in [3.8, 4) is 0 Å². The minimum Gasteiger partial charge on any atom is -0.393 e. The Morgan fingerprint density at radius 2 is 1.93 bits per heavy atom. The maximum Gasteiger partial charge on any atom is 0.0585 e. The largest absolute Gasteiger partial charge is 0.393 e. The van der Waals surface area contributed by atoms with Gasteiger partial charge in [0, 0.05) is 6.61 Å². The number of hydrogen-bond donors (Lipinski definition) is 1. The summed E-state index contributed by atoms with van der Waals surface area (Å²) in [5.74, 6) is 0. The van der Waals surface area contributed by atoms with Crippen LogP contribution in [0, 0.1) is 5.41 Å². The maximum absolute atomic E-state index is 9.47. The molecule has 0 amide bonds. The molecule has 2 saturated carbocycles. The van der Waals surface area contributed by atoms with Crippen molar-refractivity contribution in [3.05, 3.63) is 0 Å². The summed E-state index contributed by atoms with van der Waals surface area (Å²) in [4.78, 5) is 0. The molecule has 2 heteroatoms. The summed E-state index contributed by atoms with van der Waals surface area (Å²) < 4.78 is 5.81. The van der Waals surface area contributed by atoms with E-state index < -0.39 is 0 Å². The fraction of sp³-hybridized carbons (Fsp3) is 1.00. The van der Waals surface area contributed by atoms with Gasteiger partial charge < -0.3 is 9.84 Å². The Kier molecular flexibility index (Phi) is 3.68. The normalized spacial score (nSPS) is 40.4. The van der Waals surface area contributed by atoms with Gasteiger partial charge in [-0.2, -0.15) is 0 Å². The zero-order chi connectivity index (χ0) is 10.7. The zero-order valence-corrected chi connectivity index (χ0v) is 9.87. The van der Waals surface area contributed by atoms with E-state index in [2.05, 4.69) is 6.92 Å². The Bertz CT molecular complexity index is 187. The lowest BCUT2D eigenvalue weighted by Crippen LogP contribution is -2.45. The van der Waals surface area contributed by atoms with Crippen LogP contribution in [0.4, 0.5) is 0 Å². The second kappa shape index (κ2) is 4.84. The lowest BCUT2D eigenvalue weighted by molar-refractivity contribution is -0.108. The molecule has 0 aromatic heterocycles. The summed E-state index contributed by atoms with van der Waals surface area (Å²) in [5.41, 5.74) is 0.566. The molecule has 0 saturated heterocycles. The first kappa shape index (κ1) is 11.4. The maximum atomic E-state index is 9.47. The van der Waals surface area contributed by atoms with Gasteiger partial charge in [-0.05, 0) is 50.4 Å². The van der Waals surface area contributed by atoms with Crippen molar-refractivity contribution < 1.29 is 9.84 Å². The fourth-order valence-electron chi connectivity index (χ4n) is 3.04. The van der Waals surface area contributed by atoms with E-state index >= 15 is 0 Å². The minimum atomic E-state index is -0.0179. The van der Waals surface area contributed by atoms with Crippen LogP contribution in [-0.4, -0.2) is 23.9 Å². The third kappa shape index (κ3) is 2.73. The van der Waals surface area contributed by atoms with Gasteiger partial charge in [-0.15, -0.1) is 0 Å². The average molecular weight is 212 g/mol. The first-order chi connectivity index (χ1) is 7.24. The number of unbranched alkanes of at least 4 members (excludes halogenated alkanes) is 1. The highest BCUT2D eigenvalue weighted by Gasteiger charge is 2.46. The highest BCUT2D eigenvalue weighted by molar-refractivity contribution is 4.97. The van der Waals surface area contributed by atoms with Crippen LogP contribution in [0.1, 0.15) is 58.3 Å². The van der Waals surface area contributed by atoms with E-state index in [1.54, 1.807) is 0 Å². The van der Waals surface area contributed by atoms with Gasteiger partial charge in [-0.3, -0.25) is 0 Å². The lowest BCUT2D eigenvalue weighted by atomic mass is 9.59. The molecule has 0 aromatic carbocycles. The van der Waals surface area contributed by atoms with Crippen LogP contribution in [0.2, 0.25) is 0 Å². The first-order valence-electron chi connectivity index (χ1n) is 6.54. The molecule has 0 bridgehead atoms. The molecule has 0 aliphatic heterocycles. The molecule has 15 heavy (non-hydrogen) atoms. The minimum absolute atomic E-state index is 0.0179. The third-order valence-electron chi connectivity index (χ3n) is 4.19. The Morgan fingerprint density at radius 3 is 2.53 bits per heavy atom. The van der Waals surface area contributed by atoms with Crippen LogP contribution in [0.3, 0.4) is 0 Å². The van der Waals surface area contributed by atoms with E-state index in [0.29, 0.717) is 11.5 Å². The Hall–Kier alpha value is -0.0800. The van der Waals surface area contributed by atoms with Crippen molar-refractivity contribution in [2.24, 2.45) is 5.41 Å². The van der Waals surface area contributed by atoms with E-state index in [4.69, 9.17) is 4.74 Å². The van der Waals surface area contributed by atoms with Gasteiger partial charge in [0.25, 0.3) is 0 Å². The zero-order valence-electron chi connectivity index (χ0n) is 9.87. The number of hydrogen-bond acceptors (Lipinski definition) is 2. The van der Waals surface area contributed by atoms with Gasteiger partial charge in [0.2, 0.25) is 0 Å². The van der Waals surface area contributed by atoms with Crippen molar-refractivity contribution in [1.82, 2.24) is 0 Å². The smallest absolute Gasteiger partial charge is 0.0585 e. The number of rotatable bonds is 4. The number of ether oxygens (including phenoxy) is 1. The topological polar surface area (TPSA) is 29.5 Å². The molecule has 2 aliphatic rings. The molecule has 0 unspecified atom stereocenters. The molecule has 2 aliphatic carbocycles. The summed E-state index contributed by atoms with van der Waals surface area (Å²) in [7, 11) is 0. The van der Waals surface area contributed by atoms with Crippen LogP contribution in [0.5, 0.6) is 0 Å². The molecule has 2 nitrogen and oxygen atoms in total. The van der Waals surface area contributed by atoms with Crippen molar-refractivity contribution in [1.29, 1.82) is 0 Å². The lowest BCUT2D eigenvalue weighted by Gasteiger charge is -2.50. The molecule has 0 radical (unpaired) electrons. The van der Waals surface area contributed by atoms with E-state index in [0.717, 1.165) is 19.4 Å². The highest BCUT2D eigenvalue weighted by Crippen LogP contribution is 2.52. The SMILES string of the molecule is CCCCOC1CC2(CCC(O)CC2)C1. The molecular formula is C13H24O2. The van der Waals surface area contributed by atoms with Gasteiger partial charge in [-0.25, -0.2) is 0 Å². The van der Waals surface area contributed by atoms with E-state index in [1.165, 1.54) is 38.5 Å². The van der Waals surface area contributed by atoms with Gasteiger partial charge in [0.15, 0.2) is 0 Å². The van der Waals surface area contributed by atoms with Gasteiger partial charge >= 0.3 is 0 Å². The van der Waals surface area contributed by atoms with Crippen molar-refractivity contribution in [2.75, 3.05) is 6.61 Å². The van der Waals surface area contributed by atoms with Crippen molar-refractivity contribution >= 4 is 0 Å². The van der Waals surface area contributed by atoms with Crippen molar-refractivity contribution in [2.45, 2.75) is 70.5 Å². The molecule has 2 fully saturated rings. The fourth-order valence-corrected chi connectivity index (χ4v) is 3.04. The standard InChI is InChI=1S/C13H24O2/c1-2-3-8-15-12-9-13(10-12)6-4-11(14)5-7-13/h11-12,14H,2-10H2,1H3. The summed E-state index contributed by atoms with van der Waals surface area (Å²) in [5, 5.41) is 9.47. The predicted octanol–water partition coefficient (Wildman–Crippen LogP) is 2.89. The van der Waals surface area contributed by atoms with Crippen LogP contribution in [0.25, 0.3) is 0 Å². The molecule has 0 heterocycles. The van der Waals surface area contributed by atoms with E-state index in [1.807, 2.05) is 0 Å². The third-order valence-corrected chi connectivity index (χ3v) is 4.19. The van der Waals surface area contributed by atoms with E-state index in [-0.39, 0.29) is 6.10 Å². The predicted molar refractivity (Wildman–Crippen MR) is 60.8 cm³/mol. The summed E-state index contributed by atoms with van der Waals surface area (Å²) in [6, 6.07) is 0. The van der Waals surface area contributed by atoms with Crippen LogP contribution in [-0.2, 0) is 4.74 Å². The van der Waals surface area contributed by atoms with Gasteiger partial charge in [0.05, 0.1) is 12.2 Å². The molecule has 1 spiro atoms. The van der Waals surface area contributed by atoms with E-state index in [9.17, 15) is 5.11 Å². The number of aliphatic hydroxyl groups is 1.